The van der Waals surface area contributed by atoms with Gasteiger partial charge < -0.3 is 14.0 Å². The van der Waals surface area contributed by atoms with E-state index in [-0.39, 0.29) is 5.91 Å². The van der Waals surface area contributed by atoms with Crippen LogP contribution in [0, 0.1) is 6.92 Å². The molecule has 0 bridgehead atoms. The van der Waals surface area contributed by atoms with E-state index in [9.17, 15) is 4.79 Å². The van der Waals surface area contributed by atoms with Crippen molar-refractivity contribution in [3.63, 3.8) is 0 Å². The molecule has 0 unspecified atom stereocenters. The summed E-state index contributed by atoms with van der Waals surface area (Å²) in [5.41, 5.74) is 3.95. The zero-order chi connectivity index (χ0) is 20.9. The zero-order valence-electron chi connectivity index (χ0n) is 17.0. The third-order valence-electron chi connectivity index (χ3n) is 4.82. The fourth-order valence-electron chi connectivity index (χ4n) is 3.04. The first-order valence-corrected chi connectivity index (χ1v) is 10.6. The summed E-state index contributed by atoms with van der Waals surface area (Å²) in [4.78, 5) is 19.8. The van der Waals surface area contributed by atoms with Crippen molar-refractivity contribution in [2.75, 3.05) is 7.05 Å². The average Bonchev–Trinajstić information content (AvgIpc) is 3.36. The molecule has 0 saturated heterocycles. The second-order valence-electron chi connectivity index (χ2n) is 7.11. The Morgan fingerprint density at radius 2 is 2.03 bits per heavy atom. The van der Waals surface area contributed by atoms with Gasteiger partial charge in [-0.05, 0) is 59.8 Å². The first-order valence-electron chi connectivity index (χ1n) is 9.70. The molecule has 0 aliphatic carbocycles. The van der Waals surface area contributed by atoms with E-state index >= 15 is 0 Å². The van der Waals surface area contributed by atoms with Crippen LogP contribution in [0.4, 0.5) is 0 Å². The van der Waals surface area contributed by atoms with Crippen LogP contribution in [-0.4, -0.2) is 27.2 Å². The first kappa shape index (κ1) is 19.9. The average molecular weight is 418 g/mol. The molecule has 3 aromatic heterocycles. The van der Waals surface area contributed by atoms with Gasteiger partial charge in [0.1, 0.15) is 18.0 Å². The Morgan fingerprint density at radius 3 is 2.77 bits per heavy atom. The van der Waals surface area contributed by atoms with E-state index in [1.807, 2.05) is 72.4 Å². The second kappa shape index (κ2) is 8.97. The number of hydrogen-bond donors (Lipinski definition) is 0. The summed E-state index contributed by atoms with van der Waals surface area (Å²) >= 11 is 1.68. The number of amides is 1. The molecule has 1 aromatic carbocycles. The van der Waals surface area contributed by atoms with Crippen LogP contribution < -0.4 is 4.74 Å². The predicted octanol–water partition coefficient (Wildman–Crippen LogP) is 4.96. The highest BCUT2D eigenvalue weighted by atomic mass is 32.1. The van der Waals surface area contributed by atoms with Gasteiger partial charge in [-0.2, -0.15) is 0 Å². The zero-order valence-corrected chi connectivity index (χ0v) is 17.8. The lowest BCUT2D eigenvalue weighted by atomic mass is 10.2. The Bertz CT molecular complexity index is 1140. The summed E-state index contributed by atoms with van der Waals surface area (Å²) in [6.07, 6.45) is 7.36. The van der Waals surface area contributed by atoms with Gasteiger partial charge >= 0.3 is 0 Å². The van der Waals surface area contributed by atoms with Crippen molar-refractivity contribution >= 4 is 29.0 Å². The second-order valence-corrected chi connectivity index (χ2v) is 8.11. The Labute approximate surface area is 179 Å². The molecule has 4 rings (SSSR count). The molecule has 5 nitrogen and oxygen atoms in total. The minimum absolute atomic E-state index is 0.0185. The van der Waals surface area contributed by atoms with Crippen LogP contribution in [0.5, 0.6) is 5.75 Å². The van der Waals surface area contributed by atoms with Crippen molar-refractivity contribution in [1.29, 1.82) is 0 Å². The van der Waals surface area contributed by atoms with Gasteiger partial charge in [0.25, 0.3) is 0 Å². The fourth-order valence-corrected chi connectivity index (χ4v) is 4.00. The summed E-state index contributed by atoms with van der Waals surface area (Å²) < 4.78 is 7.81. The Kier molecular flexibility index (Phi) is 5.95. The number of carbonyl (C=O) groups is 1. The number of carbonyl (C=O) groups excluding carboxylic acids is 1. The number of benzene rings is 1. The van der Waals surface area contributed by atoms with Crippen LogP contribution in [0.2, 0.25) is 0 Å². The molecule has 0 aliphatic rings. The minimum Gasteiger partial charge on any atom is -0.487 e. The Morgan fingerprint density at radius 1 is 1.20 bits per heavy atom. The van der Waals surface area contributed by atoms with E-state index in [0.717, 1.165) is 22.7 Å². The number of nitrogens with zero attached hydrogens (tertiary/aromatic N) is 3. The summed E-state index contributed by atoms with van der Waals surface area (Å²) in [5.74, 6) is 0.746. The first-order chi connectivity index (χ1) is 14.6. The van der Waals surface area contributed by atoms with Crippen molar-refractivity contribution in [2.24, 2.45) is 0 Å². The van der Waals surface area contributed by atoms with Gasteiger partial charge in [0.2, 0.25) is 5.91 Å². The number of imidazole rings is 1. The lowest BCUT2D eigenvalue weighted by Gasteiger charge is -2.14. The van der Waals surface area contributed by atoms with E-state index in [1.165, 1.54) is 10.4 Å². The smallest absolute Gasteiger partial charge is 0.246 e. The number of rotatable bonds is 7. The van der Waals surface area contributed by atoms with Crippen molar-refractivity contribution in [3.8, 4) is 5.75 Å². The van der Waals surface area contributed by atoms with Gasteiger partial charge in [0.15, 0.2) is 0 Å². The standard InChI is InChI=1S/C24H23N3O2S/c1-18-12-14-30-22(18)16-26(2)24(28)11-8-19-6-9-21(10-7-19)29-17-20-15-27-13-4-3-5-23(27)25-20/h3-15H,16-17H2,1-2H3. The molecule has 0 atom stereocenters. The molecule has 0 N–H and O–H groups in total. The quantitative estimate of drug-likeness (QED) is 0.400. The summed E-state index contributed by atoms with van der Waals surface area (Å²) in [6.45, 7) is 3.10. The maximum Gasteiger partial charge on any atom is 0.246 e. The van der Waals surface area contributed by atoms with E-state index in [1.54, 1.807) is 22.3 Å². The van der Waals surface area contributed by atoms with Crippen LogP contribution in [0.3, 0.4) is 0 Å². The highest BCUT2D eigenvalue weighted by Crippen LogP contribution is 2.18. The Hall–Kier alpha value is -3.38. The third-order valence-corrected chi connectivity index (χ3v) is 5.83. The molecule has 30 heavy (non-hydrogen) atoms. The van der Waals surface area contributed by atoms with Crippen LogP contribution in [0.1, 0.15) is 21.7 Å². The normalized spacial score (nSPS) is 11.3. The molecule has 6 heteroatoms. The Balaban J connectivity index is 1.31. The van der Waals surface area contributed by atoms with Crippen LogP contribution >= 0.6 is 11.3 Å². The summed E-state index contributed by atoms with van der Waals surface area (Å²) in [7, 11) is 1.82. The molecular weight excluding hydrogens is 394 g/mol. The third kappa shape index (κ3) is 4.78. The maximum absolute atomic E-state index is 12.4. The number of pyridine rings is 1. The highest BCUT2D eigenvalue weighted by Gasteiger charge is 2.08. The number of aryl methyl sites for hydroxylation is 1. The molecule has 3 heterocycles. The molecule has 0 aliphatic heterocycles. The molecule has 4 aromatic rings. The van der Waals surface area contributed by atoms with Crippen molar-refractivity contribution in [1.82, 2.24) is 14.3 Å². The molecule has 0 fully saturated rings. The maximum atomic E-state index is 12.4. The molecule has 1 amide bonds. The van der Waals surface area contributed by atoms with Gasteiger partial charge in [-0.1, -0.05) is 18.2 Å². The lowest BCUT2D eigenvalue weighted by molar-refractivity contribution is -0.125. The van der Waals surface area contributed by atoms with Gasteiger partial charge in [0.05, 0.1) is 12.2 Å². The van der Waals surface area contributed by atoms with Crippen LogP contribution in [0.25, 0.3) is 11.7 Å². The SMILES string of the molecule is Cc1ccsc1CN(C)C(=O)C=Cc1ccc(OCc2cn3ccccc3n2)cc1. The number of thiophene rings is 1. The van der Waals surface area contributed by atoms with Gasteiger partial charge in [0, 0.05) is 30.4 Å². The van der Waals surface area contributed by atoms with E-state index in [2.05, 4.69) is 23.4 Å². The summed E-state index contributed by atoms with van der Waals surface area (Å²) in [5, 5.41) is 2.05. The van der Waals surface area contributed by atoms with Crippen LogP contribution in [-0.2, 0) is 17.9 Å². The van der Waals surface area contributed by atoms with Gasteiger partial charge in [-0.25, -0.2) is 4.98 Å². The molecule has 152 valence electrons. The molecular formula is C24H23N3O2S. The number of aromatic nitrogens is 2. The topological polar surface area (TPSA) is 46.8 Å². The fraction of sp³-hybridized carbons (Fsp3) is 0.167. The number of ether oxygens (including phenoxy) is 1. The number of fused-ring (bicyclic) bond motifs is 1. The number of hydrogen-bond acceptors (Lipinski definition) is 4. The van der Waals surface area contributed by atoms with Crippen molar-refractivity contribution < 1.29 is 9.53 Å². The van der Waals surface area contributed by atoms with E-state index in [4.69, 9.17) is 4.74 Å². The van der Waals surface area contributed by atoms with Crippen LogP contribution in [0.15, 0.2) is 72.4 Å². The molecule has 0 spiro atoms. The predicted molar refractivity (Wildman–Crippen MR) is 121 cm³/mol. The lowest BCUT2D eigenvalue weighted by Crippen LogP contribution is -2.23. The minimum atomic E-state index is -0.0185. The van der Waals surface area contributed by atoms with E-state index in [0.29, 0.717) is 13.2 Å². The monoisotopic (exact) mass is 417 g/mol. The molecule has 0 saturated carbocycles. The number of likely N-dealkylation sites (N-methyl/N-ethyl adjacent to an activating group) is 1. The molecule has 0 radical (unpaired) electrons. The van der Waals surface area contributed by atoms with Gasteiger partial charge in [-0.15, -0.1) is 11.3 Å². The van der Waals surface area contributed by atoms with Gasteiger partial charge in [-0.3, -0.25) is 4.79 Å². The van der Waals surface area contributed by atoms with E-state index < -0.39 is 0 Å². The van der Waals surface area contributed by atoms with Crippen molar-refractivity contribution in [3.05, 3.63) is 94.1 Å². The van der Waals surface area contributed by atoms with Crippen molar-refractivity contribution in [2.45, 2.75) is 20.1 Å². The highest BCUT2D eigenvalue weighted by molar-refractivity contribution is 7.10. The largest absolute Gasteiger partial charge is 0.487 e. The summed E-state index contributed by atoms with van der Waals surface area (Å²) in [6, 6.07) is 15.6.